The molecule has 0 spiro atoms. The minimum absolute atomic E-state index is 0.0786. The number of nitriles is 1. The molecule has 0 radical (unpaired) electrons. The number of fused-ring (bicyclic) bond motifs is 1. The molecule has 9 heteroatoms. The lowest BCUT2D eigenvalue weighted by molar-refractivity contribution is 0.0472. The van der Waals surface area contributed by atoms with Gasteiger partial charge in [0, 0.05) is 23.6 Å². The van der Waals surface area contributed by atoms with Gasteiger partial charge in [-0.25, -0.2) is 13.2 Å². The number of rotatable bonds is 7. The Balaban J connectivity index is 1.50. The molecule has 4 rings (SSSR count). The van der Waals surface area contributed by atoms with Crippen LogP contribution in [0.4, 0.5) is 5.69 Å². The summed E-state index contributed by atoms with van der Waals surface area (Å²) >= 11 is 0. The number of ether oxygens (including phenoxy) is 2. The molecule has 0 fully saturated rings. The van der Waals surface area contributed by atoms with Gasteiger partial charge >= 0.3 is 5.97 Å². The minimum atomic E-state index is -3.93. The SMILES string of the molecule is COc1ccc(NS(=O)(=O)c2cccc(C(=O)OCc3cn4ccccc4c3C#N)c2)cc1. The van der Waals surface area contributed by atoms with Gasteiger partial charge in [0.15, 0.2) is 0 Å². The maximum atomic E-state index is 12.8. The van der Waals surface area contributed by atoms with Gasteiger partial charge in [0.25, 0.3) is 10.0 Å². The second-order valence-electron chi connectivity index (χ2n) is 7.07. The van der Waals surface area contributed by atoms with Gasteiger partial charge in [-0.3, -0.25) is 4.72 Å². The van der Waals surface area contributed by atoms with E-state index in [0.717, 1.165) is 0 Å². The number of nitrogens with one attached hydrogen (secondary N) is 1. The van der Waals surface area contributed by atoms with Crippen molar-refractivity contribution in [2.24, 2.45) is 0 Å². The van der Waals surface area contributed by atoms with Crippen molar-refractivity contribution in [3.05, 3.63) is 95.8 Å². The molecule has 4 aromatic rings. The largest absolute Gasteiger partial charge is 0.497 e. The lowest BCUT2D eigenvalue weighted by atomic mass is 10.2. The van der Waals surface area contributed by atoms with E-state index in [9.17, 15) is 18.5 Å². The summed E-state index contributed by atoms with van der Waals surface area (Å²) in [5.74, 6) is -0.103. The number of carbonyl (C=O) groups is 1. The fourth-order valence-corrected chi connectivity index (χ4v) is 4.41. The normalized spacial score (nSPS) is 11.0. The molecule has 2 aromatic heterocycles. The molecular weight excluding hydrogens is 442 g/mol. The molecule has 8 nitrogen and oxygen atoms in total. The van der Waals surface area contributed by atoms with E-state index in [1.807, 2.05) is 12.1 Å². The summed E-state index contributed by atoms with van der Waals surface area (Å²) in [5.41, 5.74) is 2.12. The van der Waals surface area contributed by atoms with Crippen molar-refractivity contribution in [1.29, 1.82) is 5.26 Å². The van der Waals surface area contributed by atoms with Crippen LogP contribution in [-0.2, 0) is 21.4 Å². The molecule has 2 heterocycles. The number of carbonyl (C=O) groups excluding carboxylic acids is 1. The van der Waals surface area contributed by atoms with Crippen molar-refractivity contribution in [2.45, 2.75) is 11.5 Å². The number of pyridine rings is 1. The van der Waals surface area contributed by atoms with E-state index in [0.29, 0.717) is 28.1 Å². The number of nitrogens with zero attached hydrogens (tertiary/aromatic N) is 2. The topological polar surface area (TPSA) is 110 Å². The molecular formula is C24H19N3O5S. The third-order valence-corrected chi connectivity index (χ3v) is 6.33. The zero-order chi connectivity index (χ0) is 23.4. The molecule has 0 unspecified atom stereocenters. The van der Waals surface area contributed by atoms with E-state index < -0.39 is 16.0 Å². The first-order valence-corrected chi connectivity index (χ1v) is 11.3. The Morgan fingerprint density at radius 1 is 1.09 bits per heavy atom. The van der Waals surface area contributed by atoms with Crippen LogP contribution in [0.25, 0.3) is 5.52 Å². The smallest absolute Gasteiger partial charge is 0.338 e. The first-order chi connectivity index (χ1) is 15.9. The Morgan fingerprint density at radius 3 is 2.61 bits per heavy atom. The number of hydrogen-bond acceptors (Lipinski definition) is 6. The average Bonchev–Trinajstić information content (AvgIpc) is 3.20. The first-order valence-electron chi connectivity index (χ1n) is 9.84. The Morgan fingerprint density at radius 2 is 1.88 bits per heavy atom. The fraction of sp³-hybridized carbons (Fsp3) is 0.0833. The highest BCUT2D eigenvalue weighted by molar-refractivity contribution is 7.92. The summed E-state index contributed by atoms with van der Waals surface area (Å²) in [5, 5.41) is 9.48. The van der Waals surface area contributed by atoms with Crippen LogP contribution in [0, 0.1) is 11.3 Å². The number of methoxy groups -OCH3 is 1. The van der Waals surface area contributed by atoms with Crippen LogP contribution in [0.1, 0.15) is 21.5 Å². The fourth-order valence-electron chi connectivity index (χ4n) is 3.31. The quantitative estimate of drug-likeness (QED) is 0.417. The summed E-state index contributed by atoms with van der Waals surface area (Å²) < 4.78 is 40.2. The van der Waals surface area contributed by atoms with E-state index >= 15 is 0 Å². The van der Waals surface area contributed by atoms with Crippen molar-refractivity contribution < 1.29 is 22.7 Å². The lowest BCUT2D eigenvalue weighted by Crippen LogP contribution is -2.14. The predicted octanol–water partition coefficient (Wildman–Crippen LogP) is 3.98. The Labute approximate surface area is 190 Å². The molecule has 0 saturated heterocycles. The van der Waals surface area contributed by atoms with Crippen LogP contribution in [0.2, 0.25) is 0 Å². The molecule has 33 heavy (non-hydrogen) atoms. The second kappa shape index (κ2) is 9.06. The minimum Gasteiger partial charge on any atom is -0.497 e. The van der Waals surface area contributed by atoms with Gasteiger partial charge in [0.05, 0.1) is 28.6 Å². The molecule has 166 valence electrons. The standard InChI is InChI=1S/C24H19N3O5S/c1-31-20-10-8-19(9-11-20)26-33(29,30)21-6-4-5-17(13-21)24(28)32-16-18-15-27-12-3-2-7-23(27)22(18)14-25/h2-13,15,26H,16H2,1H3. The van der Waals surface area contributed by atoms with E-state index in [4.69, 9.17) is 9.47 Å². The van der Waals surface area contributed by atoms with Crippen molar-refractivity contribution in [2.75, 3.05) is 11.8 Å². The molecule has 0 aliphatic carbocycles. The first kappa shape index (κ1) is 21.9. The molecule has 2 aromatic carbocycles. The van der Waals surface area contributed by atoms with Crippen LogP contribution < -0.4 is 9.46 Å². The zero-order valence-electron chi connectivity index (χ0n) is 17.6. The molecule has 0 saturated carbocycles. The third kappa shape index (κ3) is 4.66. The van der Waals surface area contributed by atoms with Crippen LogP contribution in [-0.4, -0.2) is 25.9 Å². The molecule has 0 aliphatic heterocycles. The second-order valence-corrected chi connectivity index (χ2v) is 8.75. The summed E-state index contributed by atoms with van der Waals surface area (Å²) in [7, 11) is -2.41. The molecule has 1 N–H and O–H groups in total. The van der Waals surface area contributed by atoms with Crippen LogP contribution in [0.5, 0.6) is 5.75 Å². The van der Waals surface area contributed by atoms with Gasteiger partial charge in [-0.1, -0.05) is 12.1 Å². The lowest BCUT2D eigenvalue weighted by Gasteiger charge is -2.10. The molecule has 0 atom stereocenters. The van der Waals surface area contributed by atoms with Gasteiger partial charge in [-0.2, -0.15) is 5.26 Å². The average molecular weight is 461 g/mol. The van der Waals surface area contributed by atoms with Crippen molar-refractivity contribution in [3.63, 3.8) is 0 Å². The highest BCUT2D eigenvalue weighted by Gasteiger charge is 2.18. The van der Waals surface area contributed by atoms with Crippen molar-refractivity contribution in [3.8, 4) is 11.8 Å². The number of benzene rings is 2. The molecule has 0 amide bonds. The van der Waals surface area contributed by atoms with Crippen molar-refractivity contribution in [1.82, 2.24) is 4.40 Å². The van der Waals surface area contributed by atoms with Gasteiger partial charge in [-0.15, -0.1) is 0 Å². The number of esters is 1. The van der Waals surface area contributed by atoms with Gasteiger partial charge in [-0.05, 0) is 54.6 Å². The summed E-state index contributed by atoms with van der Waals surface area (Å²) in [6.07, 6.45) is 3.52. The third-order valence-electron chi connectivity index (χ3n) is 4.96. The van der Waals surface area contributed by atoms with E-state index in [1.165, 1.54) is 31.4 Å². The Bertz CT molecular complexity index is 1470. The highest BCUT2D eigenvalue weighted by Crippen LogP contribution is 2.22. The van der Waals surface area contributed by atoms with Crippen LogP contribution >= 0.6 is 0 Å². The number of hydrogen-bond donors (Lipinski definition) is 1. The number of anilines is 1. The maximum Gasteiger partial charge on any atom is 0.338 e. The monoisotopic (exact) mass is 461 g/mol. The van der Waals surface area contributed by atoms with Crippen molar-refractivity contribution >= 4 is 27.2 Å². The van der Waals surface area contributed by atoms with Gasteiger partial charge in [0.2, 0.25) is 0 Å². The number of sulfonamides is 1. The maximum absolute atomic E-state index is 12.8. The zero-order valence-corrected chi connectivity index (χ0v) is 18.4. The summed E-state index contributed by atoms with van der Waals surface area (Å²) in [4.78, 5) is 12.5. The summed E-state index contributed by atoms with van der Waals surface area (Å²) in [6.45, 7) is -0.121. The van der Waals surface area contributed by atoms with E-state index in [1.54, 1.807) is 47.1 Å². The number of aromatic nitrogens is 1. The Hall–Kier alpha value is -4.29. The molecule has 0 aliphatic rings. The van der Waals surface area contributed by atoms with Crippen LogP contribution in [0.15, 0.2) is 84.0 Å². The van der Waals surface area contributed by atoms with E-state index in [2.05, 4.69) is 10.8 Å². The molecule has 0 bridgehead atoms. The van der Waals surface area contributed by atoms with Crippen LogP contribution in [0.3, 0.4) is 0 Å². The summed E-state index contributed by atoms with van der Waals surface area (Å²) in [6, 6.07) is 19.6. The highest BCUT2D eigenvalue weighted by atomic mass is 32.2. The Kier molecular flexibility index (Phi) is 6.02. The van der Waals surface area contributed by atoms with Gasteiger partial charge < -0.3 is 13.9 Å². The van der Waals surface area contributed by atoms with E-state index in [-0.39, 0.29) is 17.1 Å². The van der Waals surface area contributed by atoms with Gasteiger partial charge in [0.1, 0.15) is 18.4 Å². The predicted molar refractivity (Wildman–Crippen MR) is 121 cm³/mol.